The Morgan fingerprint density at radius 2 is 1.78 bits per heavy atom. The van der Waals surface area contributed by atoms with Crippen LogP contribution in [0.5, 0.6) is 0 Å². The fraction of sp³-hybridized carbons (Fsp3) is 0.588. The predicted molar refractivity (Wildman–Crippen MR) is 148 cm³/mol. The van der Waals surface area contributed by atoms with E-state index in [1.54, 1.807) is 0 Å². The SMILES string of the molecule is CC(O)C(N)C(=O)NCCNC(=O)O[C@H]1C(O)[C@@H](COP(=O)(O)OP(=O)(O)OP(=O)(O)O)O[C@H]1n1cnc2c(S)nc(N)nc21. The van der Waals surface area contributed by atoms with E-state index in [0.29, 0.717) is 0 Å². The first-order chi connectivity index (χ1) is 20.7. The average molecular weight is 726 g/mol. The van der Waals surface area contributed by atoms with Crippen molar-refractivity contribution >= 4 is 65.2 Å². The molecule has 2 aromatic heterocycles. The van der Waals surface area contributed by atoms with Crippen LogP contribution in [0, 0.1) is 0 Å². The van der Waals surface area contributed by atoms with Crippen molar-refractivity contribution in [1.82, 2.24) is 30.2 Å². The molecule has 2 amide bonds. The maximum Gasteiger partial charge on any atom is 0.490 e. The lowest BCUT2D eigenvalue weighted by molar-refractivity contribution is -0.124. The second-order valence-electron chi connectivity index (χ2n) is 9.03. The maximum atomic E-state index is 12.6. The number of rotatable bonds is 14. The van der Waals surface area contributed by atoms with Crippen LogP contribution in [-0.4, -0.2) is 111 Å². The summed E-state index contributed by atoms with van der Waals surface area (Å²) in [5, 5.41) is 25.0. The number of thiol groups is 1. The third-order valence-electron chi connectivity index (χ3n) is 5.58. The number of nitrogens with two attached hydrogens (primary N) is 2. The zero-order chi connectivity index (χ0) is 33.9. The summed E-state index contributed by atoms with van der Waals surface area (Å²) in [6.45, 7) is -0.137. The molecule has 0 spiro atoms. The minimum absolute atomic E-state index is 0.00981. The summed E-state index contributed by atoms with van der Waals surface area (Å²) in [6.07, 6.45) is -7.79. The molecule has 2 aromatic rings. The molecule has 12 N–H and O–H groups in total. The number of fused-ring (bicyclic) bond motifs is 1. The molecule has 0 radical (unpaired) electrons. The first-order valence-electron chi connectivity index (χ1n) is 12.2. The second-order valence-corrected chi connectivity index (χ2v) is 13.9. The van der Waals surface area contributed by atoms with E-state index in [9.17, 15) is 43.3 Å². The Morgan fingerprint density at radius 1 is 1.13 bits per heavy atom. The lowest BCUT2D eigenvalue weighted by atomic mass is 10.1. The van der Waals surface area contributed by atoms with Crippen LogP contribution >= 0.6 is 36.1 Å². The van der Waals surface area contributed by atoms with Gasteiger partial charge < -0.3 is 61.4 Å². The Morgan fingerprint density at radius 3 is 2.40 bits per heavy atom. The molecule has 1 saturated heterocycles. The van der Waals surface area contributed by atoms with Crippen molar-refractivity contribution in [2.24, 2.45) is 5.73 Å². The quantitative estimate of drug-likeness (QED) is 0.0406. The summed E-state index contributed by atoms with van der Waals surface area (Å²) < 4.78 is 58.6. The summed E-state index contributed by atoms with van der Waals surface area (Å²) >= 11 is 4.16. The number of nitrogens with zero attached hydrogens (tertiary/aromatic N) is 4. The van der Waals surface area contributed by atoms with Gasteiger partial charge in [-0.2, -0.15) is 13.6 Å². The Hall–Kier alpha value is -2.31. The molecule has 1 fully saturated rings. The predicted octanol–water partition coefficient (Wildman–Crippen LogP) is -2.78. The normalized spacial score (nSPS) is 24.4. The van der Waals surface area contributed by atoms with Gasteiger partial charge in [-0.15, -0.1) is 12.6 Å². The Kier molecular flexibility index (Phi) is 12.1. The number of anilines is 1. The Bertz CT molecular complexity index is 1540. The van der Waals surface area contributed by atoms with Crippen molar-refractivity contribution in [3.05, 3.63) is 6.33 Å². The summed E-state index contributed by atoms with van der Waals surface area (Å²) in [4.78, 5) is 72.8. The van der Waals surface area contributed by atoms with Gasteiger partial charge in [-0.3, -0.25) is 13.9 Å². The third-order valence-corrected chi connectivity index (χ3v) is 9.70. The van der Waals surface area contributed by atoms with Crippen LogP contribution in [0.1, 0.15) is 13.2 Å². The zero-order valence-corrected chi connectivity index (χ0v) is 26.2. The number of hydrogen-bond acceptors (Lipinski definition) is 18. The number of phosphoric ester groups is 1. The number of phosphoric acid groups is 3. The highest BCUT2D eigenvalue weighted by Gasteiger charge is 2.49. The molecular weight excluding hydrogens is 697 g/mol. The number of carbonyl (C=O) groups excluding carboxylic acids is 2. The minimum Gasteiger partial charge on any atom is -0.439 e. The molecule has 0 aliphatic carbocycles. The fourth-order valence-corrected chi connectivity index (χ4v) is 6.92. The van der Waals surface area contributed by atoms with Crippen LogP contribution in [0.4, 0.5) is 10.7 Å². The van der Waals surface area contributed by atoms with Crippen LogP contribution in [-0.2, 0) is 41.1 Å². The van der Waals surface area contributed by atoms with Gasteiger partial charge in [0, 0.05) is 13.1 Å². The first kappa shape index (κ1) is 37.2. The number of amides is 2. The van der Waals surface area contributed by atoms with E-state index in [0.717, 1.165) is 10.9 Å². The molecule has 45 heavy (non-hydrogen) atoms. The van der Waals surface area contributed by atoms with Gasteiger partial charge in [0.25, 0.3) is 0 Å². The molecule has 24 nitrogen and oxygen atoms in total. The topological polar surface area (TPSA) is 373 Å². The first-order valence-corrected chi connectivity index (χ1v) is 17.1. The van der Waals surface area contributed by atoms with Crippen molar-refractivity contribution in [2.45, 2.75) is 48.6 Å². The molecule has 0 saturated carbocycles. The van der Waals surface area contributed by atoms with Gasteiger partial charge in [-0.25, -0.2) is 28.5 Å². The van der Waals surface area contributed by atoms with E-state index in [4.69, 9.17) is 30.7 Å². The second kappa shape index (κ2) is 14.6. The number of aliphatic hydroxyl groups excluding tert-OH is 2. The number of nitrogens with one attached hydrogen (secondary N) is 2. The summed E-state index contributed by atoms with van der Waals surface area (Å²) in [7, 11) is -17.1. The van der Waals surface area contributed by atoms with Crippen molar-refractivity contribution in [2.75, 3.05) is 25.4 Å². The zero-order valence-electron chi connectivity index (χ0n) is 22.7. The molecule has 1 aliphatic rings. The molecule has 3 heterocycles. The molecular formula is C17H29N8O16P3S. The van der Waals surface area contributed by atoms with Gasteiger partial charge in [-0.05, 0) is 6.92 Å². The average Bonchev–Trinajstić information content (AvgIpc) is 3.43. The number of hydrogen-bond donors (Lipinski definition) is 11. The van der Waals surface area contributed by atoms with Crippen LogP contribution in [0.3, 0.4) is 0 Å². The highest BCUT2D eigenvalue weighted by molar-refractivity contribution is 7.80. The lowest BCUT2D eigenvalue weighted by Gasteiger charge is -2.22. The summed E-state index contributed by atoms with van der Waals surface area (Å²) in [5.41, 5.74) is 11.3. The van der Waals surface area contributed by atoms with E-state index in [2.05, 4.69) is 51.4 Å². The fourth-order valence-electron chi connectivity index (χ4n) is 3.63. The van der Waals surface area contributed by atoms with Crippen LogP contribution in [0.25, 0.3) is 11.2 Å². The lowest BCUT2D eigenvalue weighted by Crippen LogP contribution is -2.49. The Balaban J connectivity index is 1.76. The van der Waals surface area contributed by atoms with Crippen molar-refractivity contribution in [3.63, 3.8) is 0 Å². The highest BCUT2D eigenvalue weighted by atomic mass is 32.1. The van der Waals surface area contributed by atoms with Gasteiger partial charge in [0.15, 0.2) is 18.0 Å². The Labute approximate surface area is 257 Å². The van der Waals surface area contributed by atoms with Gasteiger partial charge >= 0.3 is 29.6 Å². The van der Waals surface area contributed by atoms with Crippen LogP contribution in [0.15, 0.2) is 11.4 Å². The molecule has 0 bridgehead atoms. The van der Waals surface area contributed by atoms with E-state index >= 15 is 0 Å². The van der Waals surface area contributed by atoms with Gasteiger partial charge in [0.05, 0.1) is 19.0 Å². The van der Waals surface area contributed by atoms with Gasteiger partial charge in [0.1, 0.15) is 28.8 Å². The van der Waals surface area contributed by atoms with Crippen molar-refractivity contribution in [3.8, 4) is 0 Å². The van der Waals surface area contributed by atoms with E-state index in [-0.39, 0.29) is 35.2 Å². The molecule has 5 unspecified atom stereocenters. The van der Waals surface area contributed by atoms with Gasteiger partial charge in [-0.1, -0.05) is 0 Å². The van der Waals surface area contributed by atoms with Crippen LogP contribution in [0.2, 0.25) is 0 Å². The number of aliphatic hydroxyl groups is 2. The number of aromatic nitrogens is 4. The van der Waals surface area contributed by atoms with Gasteiger partial charge in [0.2, 0.25) is 11.9 Å². The van der Waals surface area contributed by atoms with Crippen LogP contribution < -0.4 is 22.1 Å². The van der Waals surface area contributed by atoms with E-state index < -0.39 is 78.8 Å². The number of alkyl carbamates (subject to hydrolysis) is 1. The third kappa shape index (κ3) is 10.3. The summed E-state index contributed by atoms with van der Waals surface area (Å²) in [5.74, 6) is -0.944. The number of nitrogen functional groups attached to an aromatic ring is 1. The number of imidazole rings is 1. The monoisotopic (exact) mass is 726 g/mol. The number of carbonyl (C=O) groups is 2. The molecule has 3 rings (SSSR count). The van der Waals surface area contributed by atoms with E-state index in [1.165, 1.54) is 6.92 Å². The molecule has 1 aliphatic heterocycles. The molecule has 254 valence electrons. The van der Waals surface area contributed by atoms with E-state index in [1.807, 2.05) is 0 Å². The minimum atomic E-state index is -5.84. The van der Waals surface area contributed by atoms with Crippen molar-refractivity contribution < 1.29 is 75.7 Å². The molecule has 8 atom stereocenters. The number of ether oxygens (including phenoxy) is 2. The smallest absolute Gasteiger partial charge is 0.439 e. The highest BCUT2D eigenvalue weighted by Crippen LogP contribution is 2.66. The largest absolute Gasteiger partial charge is 0.490 e. The molecule has 0 aromatic carbocycles. The maximum absolute atomic E-state index is 12.6. The standard InChI is InChI=1S/C17H29N8O16P3S/c1-6(26)8(18)13(28)20-2-3-21-17(29)39-11-10(27)7(4-37-43(33,34)41-44(35,36)40-42(30,31)32)38-15(11)25-5-22-9-12(25)23-16(19)24-14(9)45/h5-8,10-11,15,26-27H,2-4,18H2,1H3,(H,20,28)(H,21,29)(H,33,34)(H,35,36)(H2,30,31,32)(H3,19,23,24,45)/t6?,7-,8?,10?,11+,15-/m1/s1. The van der Waals surface area contributed by atoms with Crippen molar-refractivity contribution in [1.29, 1.82) is 0 Å². The molecule has 28 heteroatoms. The summed E-state index contributed by atoms with van der Waals surface area (Å²) in [6, 6.07) is -1.22.